The van der Waals surface area contributed by atoms with Crippen LogP contribution in [-0.2, 0) is 0 Å². The number of aliphatic hydroxyl groups is 1. The number of nitrogens with zero attached hydrogens (tertiary/aromatic N) is 4. The van der Waals surface area contributed by atoms with E-state index in [0.29, 0.717) is 25.1 Å². The Kier molecular flexibility index (Phi) is 3.94. The van der Waals surface area contributed by atoms with Gasteiger partial charge in [0.15, 0.2) is 5.82 Å². The maximum atomic E-state index is 12.3. The zero-order chi connectivity index (χ0) is 15.7. The van der Waals surface area contributed by atoms with Crippen molar-refractivity contribution < 1.29 is 9.90 Å². The summed E-state index contributed by atoms with van der Waals surface area (Å²) in [5.74, 6) is 0.763. The summed E-state index contributed by atoms with van der Waals surface area (Å²) in [5.41, 5.74) is 1.57. The Morgan fingerprint density at radius 2 is 2.05 bits per heavy atom. The quantitative estimate of drug-likeness (QED) is 0.937. The molecule has 6 nitrogen and oxygen atoms in total. The minimum absolute atomic E-state index is 0.0339. The van der Waals surface area contributed by atoms with Crippen LogP contribution >= 0.6 is 0 Å². The van der Waals surface area contributed by atoms with Gasteiger partial charge < -0.3 is 10.0 Å². The molecule has 6 heteroatoms. The van der Waals surface area contributed by atoms with Gasteiger partial charge in [-0.05, 0) is 32.4 Å². The zero-order valence-electron chi connectivity index (χ0n) is 12.8. The number of likely N-dealkylation sites (tertiary alicyclic amines) is 1. The van der Waals surface area contributed by atoms with E-state index >= 15 is 0 Å². The first-order valence-electron chi connectivity index (χ1n) is 7.53. The van der Waals surface area contributed by atoms with E-state index in [0.717, 1.165) is 11.4 Å². The van der Waals surface area contributed by atoms with Crippen LogP contribution in [0.3, 0.4) is 0 Å². The van der Waals surface area contributed by atoms with Crippen LogP contribution in [0.1, 0.15) is 36.7 Å². The lowest BCUT2D eigenvalue weighted by molar-refractivity contribution is 0.0765. The first-order valence-corrected chi connectivity index (χ1v) is 7.53. The number of hydrogen-bond acceptors (Lipinski definition) is 4. The molecule has 1 aromatic carbocycles. The maximum Gasteiger partial charge on any atom is 0.253 e. The molecule has 1 aliphatic rings. The van der Waals surface area contributed by atoms with Crippen molar-refractivity contribution >= 4 is 5.91 Å². The number of benzene rings is 1. The van der Waals surface area contributed by atoms with Crippen molar-refractivity contribution in [2.45, 2.75) is 32.4 Å². The summed E-state index contributed by atoms with van der Waals surface area (Å²) in [5, 5.41) is 13.8. The van der Waals surface area contributed by atoms with E-state index in [1.807, 2.05) is 28.9 Å². The first-order chi connectivity index (χ1) is 10.6. The van der Waals surface area contributed by atoms with E-state index in [9.17, 15) is 9.90 Å². The third kappa shape index (κ3) is 2.74. The average molecular weight is 300 g/mol. The summed E-state index contributed by atoms with van der Waals surface area (Å²) in [4.78, 5) is 18.3. The van der Waals surface area contributed by atoms with Crippen LogP contribution in [-0.4, -0.2) is 49.9 Å². The highest BCUT2D eigenvalue weighted by molar-refractivity contribution is 5.94. The third-order valence-corrected chi connectivity index (χ3v) is 3.90. The van der Waals surface area contributed by atoms with Gasteiger partial charge in [-0.2, -0.15) is 5.10 Å². The van der Waals surface area contributed by atoms with Crippen molar-refractivity contribution in [2.24, 2.45) is 0 Å². The Morgan fingerprint density at radius 1 is 1.32 bits per heavy atom. The molecule has 2 aromatic rings. The van der Waals surface area contributed by atoms with Gasteiger partial charge in [0.2, 0.25) is 0 Å². The molecule has 2 heterocycles. The fraction of sp³-hybridized carbons (Fsp3) is 0.438. The Morgan fingerprint density at radius 3 is 2.64 bits per heavy atom. The van der Waals surface area contributed by atoms with Crippen molar-refractivity contribution in [3.8, 4) is 11.4 Å². The van der Waals surface area contributed by atoms with E-state index in [-0.39, 0.29) is 11.9 Å². The van der Waals surface area contributed by atoms with Crippen LogP contribution in [0.5, 0.6) is 0 Å². The third-order valence-electron chi connectivity index (χ3n) is 3.90. The molecule has 1 fully saturated rings. The number of rotatable bonds is 3. The fourth-order valence-electron chi connectivity index (χ4n) is 2.71. The van der Waals surface area contributed by atoms with Gasteiger partial charge in [-0.25, -0.2) is 9.67 Å². The molecular weight excluding hydrogens is 280 g/mol. The normalized spacial score (nSPS) is 18.2. The minimum atomic E-state index is -0.396. The highest BCUT2D eigenvalue weighted by Crippen LogP contribution is 2.21. The molecule has 1 amide bonds. The second kappa shape index (κ2) is 5.88. The summed E-state index contributed by atoms with van der Waals surface area (Å²) < 4.78 is 1.85. The van der Waals surface area contributed by atoms with Crippen molar-refractivity contribution in [3.63, 3.8) is 0 Å². The lowest BCUT2D eigenvalue weighted by Crippen LogP contribution is -2.29. The van der Waals surface area contributed by atoms with Gasteiger partial charge in [-0.3, -0.25) is 4.79 Å². The molecular formula is C16H20N4O2. The van der Waals surface area contributed by atoms with Gasteiger partial charge in [0.05, 0.1) is 6.10 Å². The van der Waals surface area contributed by atoms with Crippen LogP contribution in [0.15, 0.2) is 30.6 Å². The average Bonchev–Trinajstić information content (AvgIpc) is 3.15. The number of hydrogen-bond donors (Lipinski definition) is 1. The van der Waals surface area contributed by atoms with Crippen LogP contribution in [0.4, 0.5) is 0 Å². The van der Waals surface area contributed by atoms with Gasteiger partial charge in [-0.15, -0.1) is 0 Å². The number of aromatic nitrogens is 3. The second-order valence-electron chi connectivity index (χ2n) is 5.89. The van der Waals surface area contributed by atoms with Crippen LogP contribution < -0.4 is 0 Å². The molecule has 1 aliphatic heterocycles. The van der Waals surface area contributed by atoms with Crippen molar-refractivity contribution in [1.29, 1.82) is 0 Å². The van der Waals surface area contributed by atoms with E-state index in [4.69, 9.17) is 0 Å². The molecule has 0 aliphatic carbocycles. The molecule has 1 atom stereocenters. The largest absolute Gasteiger partial charge is 0.391 e. The number of β-amino-alcohol motifs (C(OH)–C–C–N with tert-alkyl or cyclic N) is 1. The summed E-state index contributed by atoms with van der Waals surface area (Å²) in [6, 6.07) is 7.62. The lowest BCUT2D eigenvalue weighted by Gasteiger charge is -2.15. The fourth-order valence-corrected chi connectivity index (χ4v) is 2.71. The first kappa shape index (κ1) is 14.7. The molecule has 0 radical (unpaired) electrons. The minimum Gasteiger partial charge on any atom is -0.391 e. The highest BCUT2D eigenvalue weighted by Gasteiger charge is 2.25. The molecule has 0 spiro atoms. The predicted molar refractivity (Wildman–Crippen MR) is 82.4 cm³/mol. The lowest BCUT2D eigenvalue weighted by atomic mass is 10.1. The van der Waals surface area contributed by atoms with Crippen molar-refractivity contribution in [3.05, 3.63) is 36.2 Å². The van der Waals surface area contributed by atoms with Gasteiger partial charge in [0.1, 0.15) is 6.33 Å². The second-order valence-corrected chi connectivity index (χ2v) is 5.89. The van der Waals surface area contributed by atoms with Crippen molar-refractivity contribution in [1.82, 2.24) is 19.7 Å². The standard InChI is InChI=1S/C16H20N4O2/c1-11(2)20-15(17-10-18-20)12-3-5-13(6-4-12)16(22)19-8-7-14(21)9-19/h3-6,10-11,14,21H,7-9H2,1-2H3. The van der Waals surface area contributed by atoms with E-state index in [1.165, 1.54) is 0 Å². The monoisotopic (exact) mass is 300 g/mol. The molecule has 1 aromatic heterocycles. The summed E-state index contributed by atoms with van der Waals surface area (Å²) in [6.07, 6.45) is 1.80. The molecule has 3 rings (SSSR count). The van der Waals surface area contributed by atoms with Gasteiger partial charge in [0.25, 0.3) is 5.91 Å². The molecule has 1 N–H and O–H groups in total. The Hall–Kier alpha value is -2.21. The topological polar surface area (TPSA) is 71.2 Å². The smallest absolute Gasteiger partial charge is 0.253 e. The molecule has 116 valence electrons. The number of carbonyl (C=O) groups is 1. The van der Waals surface area contributed by atoms with Gasteiger partial charge >= 0.3 is 0 Å². The molecule has 0 bridgehead atoms. The summed E-state index contributed by atoms with van der Waals surface area (Å²) in [7, 11) is 0. The van der Waals surface area contributed by atoms with Gasteiger partial charge in [0, 0.05) is 30.3 Å². The molecule has 1 saturated heterocycles. The number of aliphatic hydroxyl groups excluding tert-OH is 1. The van der Waals surface area contributed by atoms with E-state index < -0.39 is 6.10 Å². The van der Waals surface area contributed by atoms with Crippen LogP contribution in [0.25, 0.3) is 11.4 Å². The van der Waals surface area contributed by atoms with E-state index in [2.05, 4.69) is 23.9 Å². The predicted octanol–water partition coefficient (Wildman–Crippen LogP) is 1.73. The Balaban J connectivity index is 1.81. The number of carbonyl (C=O) groups excluding carboxylic acids is 1. The summed E-state index contributed by atoms with van der Waals surface area (Å²) in [6.45, 7) is 5.13. The maximum absolute atomic E-state index is 12.3. The zero-order valence-corrected chi connectivity index (χ0v) is 12.8. The Bertz CT molecular complexity index is 663. The SMILES string of the molecule is CC(C)n1ncnc1-c1ccc(C(=O)N2CCC(O)C2)cc1. The van der Waals surface area contributed by atoms with Gasteiger partial charge in [-0.1, -0.05) is 12.1 Å². The van der Waals surface area contributed by atoms with Crippen molar-refractivity contribution in [2.75, 3.05) is 13.1 Å². The summed E-state index contributed by atoms with van der Waals surface area (Å²) >= 11 is 0. The Labute approximate surface area is 129 Å². The van der Waals surface area contributed by atoms with E-state index in [1.54, 1.807) is 11.2 Å². The van der Waals surface area contributed by atoms with Crippen LogP contribution in [0, 0.1) is 0 Å². The molecule has 22 heavy (non-hydrogen) atoms. The molecule has 1 unspecified atom stereocenters. The van der Waals surface area contributed by atoms with Crippen LogP contribution in [0.2, 0.25) is 0 Å². The molecule has 0 saturated carbocycles. The highest BCUT2D eigenvalue weighted by atomic mass is 16.3. The number of amides is 1.